The second-order valence-corrected chi connectivity index (χ2v) is 16.3. The summed E-state index contributed by atoms with van der Waals surface area (Å²) in [7, 11) is 0. The van der Waals surface area contributed by atoms with Crippen molar-refractivity contribution in [1.82, 2.24) is 0 Å². The van der Waals surface area contributed by atoms with Gasteiger partial charge in [0.15, 0.2) is 0 Å². The molecule has 0 fully saturated rings. The molecule has 2 heteroatoms. The van der Waals surface area contributed by atoms with Gasteiger partial charge in [0.2, 0.25) is 0 Å². The second kappa shape index (κ2) is 6.30. The van der Waals surface area contributed by atoms with Gasteiger partial charge in [0.1, 0.15) is 0 Å². The molecule has 0 spiro atoms. The summed E-state index contributed by atoms with van der Waals surface area (Å²) < 4.78 is 3.23. The van der Waals surface area contributed by atoms with Crippen LogP contribution in [0.2, 0.25) is 28.8 Å². The van der Waals surface area contributed by atoms with Gasteiger partial charge in [-0.1, -0.05) is 0 Å². The van der Waals surface area contributed by atoms with Crippen molar-refractivity contribution >= 4 is 39.1 Å². The molecule has 0 aliphatic rings. The molecule has 0 rings (SSSR count). The summed E-state index contributed by atoms with van der Waals surface area (Å²) in [5.74, 6) is 0. The molecule has 56 valence electrons. The van der Waals surface area contributed by atoms with E-state index >= 15 is 0 Å². The summed E-state index contributed by atoms with van der Waals surface area (Å²) in [5, 5.41) is 0. The van der Waals surface area contributed by atoms with Gasteiger partial charge in [-0.05, 0) is 0 Å². The van der Waals surface area contributed by atoms with Crippen molar-refractivity contribution in [1.29, 1.82) is 0 Å². The van der Waals surface area contributed by atoms with E-state index in [2.05, 4.69) is 19.9 Å². The molecular formula is C7H18Te2+2. The first kappa shape index (κ1) is 10.6. The fourth-order valence-electron chi connectivity index (χ4n) is 0.636. The SMILES string of the molecule is C[Te+](C)CCC[Te+](C)C. The Bertz CT molecular complexity index is 51.9. The van der Waals surface area contributed by atoms with Crippen LogP contribution in [0.1, 0.15) is 6.42 Å². The zero-order valence-corrected chi connectivity index (χ0v) is 11.6. The van der Waals surface area contributed by atoms with E-state index in [9.17, 15) is 0 Å². The average molecular weight is 357 g/mol. The topological polar surface area (TPSA) is 0 Å². The first-order valence-electron chi connectivity index (χ1n) is 3.21. The summed E-state index contributed by atoms with van der Waals surface area (Å²) in [4.78, 5) is 9.92. The molecule has 0 unspecified atom stereocenters. The third-order valence-corrected chi connectivity index (χ3v) is 7.41. The average Bonchev–Trinajstić information content (AvgIpc) is 1.63. The van der Waals surface area contributed by atoms with Crippen molar-refractivity contribution in [3.63, 3.8) is 0 Å². The molecular weight excluding hydrogens is 339 g/mol. The monoisotopic (exact) mass is 362 g/mol. The summed E-state index contributed by atoms with van der Waals surface area (Å²) in [6.45, 7) is 0. The normalized spacial score (nSPS) is 11.3. The van der Waals surface area contributed by atoms with Crippen molar-refractivity contribution in [3.8, 4) is 0 Å². The van der Waals surface area contributed by atoms with Crippen LogP contribution >= 0.6 is 0 Å². The Morgan fingerprint density at radius 3 is 1.33 bits per heavy atom. The standard InChI is InChI=1S/C7H18Te2/c1-8(2)6-5-7-9(3)4/h5-7H2,1-4H3/q+2. The van der Waals surface area contributed by atoms with Gasteiger partial charge in [-0.15, -0.1) is 0 Å². The Morgan fingerprint density at radius 1 is 0.778 bits per heavy atom. The number of hydrogen-bond donors (Lipinski definition) is 0. The van der Waals surface area contributed by atoms with Gasteiger partial charge in [0.05, 0.1) is 0 Å². The van der Waals surface area contributed by atoms with Gasteiger partial charge in [-0.25, -0.2) is 0 Å². The zero-order chi connectivity index (χ0) is 7.28. The van der Waals surface area contributed by atoms with Crippen LogP contribution < -0.4 is 0 Å². The van der Waals surface area contributed by atoms with Crippen molar-refractivity contribution in [2.75, 3.05) is 0 Å². The molecule has 0 amide bonds. The molecule has 0 nitrogen and oxygen atoms in total. The van der Waals surface area contributed by atoms with Crippen LogP contribution in [0.5, 0.6) is 0 Å². The first-order chi connectivity index (χ1) is 4.13. The minimum absolute atomic E-state index is 0.453. The third-order valence-electron chi connectivity index (χ3n) is 1.11. The molecule has 0 aromatic carbocycles. The van der Waals surface area contributed by atoms with E-state index in [0.29, 0.717) is 0 Å². The molecule has 0 aromatic heterocycles. The van der Waals surface area contributed by atoms with E-state index < -0.39 is 39.1 Å². The summed E-state index contributed by atoms with van der Waals surface area (Å²) in [6, 6.07) is 0. The van der Waals surface area contributed by atoms with Crippen LogP contribution in [0.3, 0.4) is 0 Å². The second-order valence-electron chi connectivity index (χ2n) is 2.73. The van der Waals surface area contributed by atoms with Crippen molar-refractivity contribution < 1.29 is 0 Å². The van der Waals surface area contributed by atoms with Crippen molar-refractivity contribution in [2.45, 2.75) is 35.2 Å². The molecule has 0 bridgehead atoms. The molecule has 0 saturated heterocycles. The third kappa shape index (κ3) is 9.58. The van der Waals surface area contributed by atoms with Crippen molar-refractivity contribution in [3.05, 3.63) is 0 Å². The van der Waals surface area contributed by atoms with E-state index in [1.807, 2.05) is 0 Å². The van der Waals surface area contributed by atoms with E-state index in [1.165, 1.54) is 0 Å². The predicted molar refractivity (Wildman–Crippen MR) is 49.2 cm³/mol. The van der Waals surface area contributed by atoms with Gasteiger partial charge in [-0.3, -0.25) is 0 Å². The summed E-state index contributed by atoms with van der Waals surface area (Å²) >= 11 is -0.907. The van der Waals surface area contributed by atoms with Crippen LogP contribution in [0.4, 0.5) is 0 Å². The van der Waals surface area contributed by atoms with E-state index in [-0.39, 0.29) is 0 Å². The minimum atomic E-state index is -0.453. The van der Waals surface area contributed by atoms with Crippen LogP contribution in [0.15, 0.2) is 0 Å². The van der Waals surface area contributed by atoms with Gasteiger partial charge in [0.25, 0.3) is 0 Å². The molecule has 0 aromatic rings. The van der Waals surface area contributed by atoms with E-state index in [0.717, 1.165) is 0 Å². The van der Waals surface area contributed by atoms with Gasteiger partial charge < -0.3 is 0 Å². The van der Waals surface area contributed by atoms with E-state index in [4.69, 9.17) is 0 Å². The molecule has 0 aliphatic carbocycles. The Labute approximate surface area is 73.7 Å². The van der Waals surface area contributed by atoms with Crippen LogP contribution in [-0.4, -0.2) is 39.1 Å². The van der Waals surface area contributed by atoms with Crippen LogP contribution in [0, 0.1) is 0 Å². The fourth-order valence-corrected chi connectivity index (χ4v) is 6.52. The predicted octanol–water partition coefficient (Wildman–Crippen LogP) is 2.89. The maximum atomic E-state index is 2.48. The Morgan fingerprint density at radius 2 is 1.11 bits per heavy atom. The summed E-state index contributed by atoms with van der Waals surface area (Å²) in [6.07, 6.45) is 1.56. The maximum absolute atomic E-state index is 2.48. The Kier molecular flexibility index (Phi) is 7.41. The number of rotatable bonds is 4. The van der Waals surface area contributed by atoms with E-state index in [1.54, 1.807) is 15.4 Å². The number of hydrogen-bond acceptors (Lipinski definition) is 0. The molecule has 0 radical (unpaired) electrons. The Hall–Kier alpha value is 1.58. The van der Waals surface area contributed by atoms with Crippen LogP contribution in [0.25, 0.3) is 0 Å². The molecule has 0 heterocycles. The molecule has 9 heavy (non-hydrogen) atoms. The zero-order valence-electron chi connectivity index (χ0n) is 6.94. The van der Waals surface area contributed by atoms with Gasteiger partial charge >= 0.3 is 74.3 Å². The van der Waals surface area contributed by atoms with Crippen molar-refractivity contribution in [2.24, 2.45) is 0 Å². The Balaban J connectivity index is 2.91. The van der Waals surface area contributed by atoms with Gasteiger partial charge in [-0.2, -0.15) is 0 Å². The summed E-state index contributed by atoms with van der Waals surface area (Å²) in [5.41, 5.74) is 0. The molecule has 0 aliphatic heterocycles. The first-order valence-corrected chi connectivity index (χ1v) is 15.8. The van der Waals surface area contributed by atoms with Crippen LogP contribution in [-0.2, 0) is 0 Å². The quantitative estimate of drug-likeness (QED) is 0.679. The molecule has 0 N–H and O–H groups in total. The fraction of sp³-hybridized carbons (Fsp3) is 1.00. The van der Waals surface area contributed by atoms with Gasteiger partial charge in [0, 0.05) is 0 Å². The molecule has 0 saturated carbocycles. The molecule has 0 atom stereocenters.